The molecular formula is C32H35IN2O8. The van der Waals surface area contributed by atoms with Crippen LogP contribution < -0.4 is 33.2 Å². The summed E-state index contributed by atoms with van der Waals surface area (Å²) in [7, 11) is 6.26. The summed E-state index contributed by atoms with van der Waals surface area (Å²) in [5.74, 6) is 4.48. The summed E-state index contributed by atoms with van der Waals surface area (Å²) in [5, 5.41) is 0. The van der Waals surface area contributed by atoms with Crippen molar-refractivity contribution in [3.8, 4) is 46.0 Å². The van der Waals surface area contributed by atoms with Gasteiger partial charge >= 0.3 is 0 Å². The van der Waals surface area contributed by atoms with E-state index in [0.717, 1.165) is 35.8 Å². The predicted molar refractivity (Wildman–Crippen MR) is 171 cm³/mol. The summed E-state index contributed by atoms with van der Waals surface area (Å²) in [6.45, 7) is 1.72. The standard InChI is InChI=1S/C32H35IN2O8/c1-37-27-17-23-25(34-19-20-8-7-11-35(20)32(23)36)18-28(27)42-13-6-5-12-41-21-9-10-24(33)26(14-21)43-22-15-29(38-2)31(40-4)30(16-22)39-3/h9-10,14-20H,5-8,11-13H2,1-4H3/t20-/m0/s1. The minimum Gasteiger partial charge on any atom is -0.493 e. The number of hydrogen-bond acceptors (Lipinski definition) is 9. The third kappa shape index (κ3) is 6.87. The predicted octanol–water partition coefficient (Wildman–Crippen LogP) is 6.68. The molecule has 5 rings (SSSR count). The smallest absolute Gasteiger partial charge is 0.256 e. The van der Waals surface area contributed by atoms with Crippen LogP contribution >= 0.6 is 22.6 Å². The van der Waals surface area contributed by atoms with Crippen molar-refractivity contribution in [3.05, 3.63) is 51.6 Å². The topological polar surface area (TPSA) is 97.3 Å². The van der Waals surface area contributed by atoms with E-state index in [0.29, 0.717) is 70.5 Å². The molecule has 1 saturated heterocycles. The average Bonchev–Trinajstić information content (AvgIpc) is 3.46. The Morgan fingerprint density at radius 3 is 2.21 bits per heavy atom. The number of carbonyl (C=O) groups is 1. The highest BCUT2D eigenvalue weighted by Gasteiger charge is 2.32. The van der Waals surface area contributed by atoms with E-state index >= 15 is 0 Å². The molecule has 0 N–H and O–H groups in total. The van der Waals surface area contributed by atoms with E-state index in [1.165, 1.54) is 0 Å². The molecule has 0 spiro atoms. The fourth-order valence-corrected chi connectivity index (χ4v) is 5.54. The van der Waals surface area contributed by atoms with E-state index in [-0.39, 0.29) is 11.9 Å². The van der Waals surface area contributed by atoms with Gasteiger partial charge in [-0.05, 0) is 66.5 Å². The fourth-order valence-electron chi connectivity index (χ4n) is 5.09. The van der Waals surface area contributed by atoms with Gasteiger partial charge in [0.05, 0.1) is 62.5 Å². The molecule has 0 bridgehead atoms. The quantitative estimate of drug-likeness (QED) is 0.144. The monoisotopic (exact) mass is 702 g/mol. The minimum atomic E-state index is -0.00962. The lowest BCUT2D eigenvalue weighted by atomic mass is 10.1. The molecule has 0 aromatic heterocycles. The highest BCUT2D eigenvalue weighted by atomic mass is 127. The molecule has 1 fully saturated rings. The van der Waals surface area contributed by atoms with E-state index in [9.17, 15) is 4.79 Å². The molecule has 2 aliphatic rings. The van der Waals surface area contributed by atoms with Gasteiger partial charge in [0.1, 0.15) is 17.2 Å². The molecule has 0 radical (unpaired) electrons. The van der Waals surface area contributed by atoms with Crippen molar-refractivity contribution in [2.75, 3.05) is 48.2 Å². The van der Waals surface area contributed by atoms with Gasteiger partial charge in [0.2, 0.25) is 5.75 Å². The molecule has 43 heavy (non-hydrogen) atoms. The molecule has 228 valence electrons. The van der Waals surface area contributed by atoms with Crippen molar-refractivity contribution in [1.29, 1.82) is 0 Å². The summed E-state index contributed by atoms with van der Waals surface area (Å²) in [6.07, 6.45) is 5.34. The Hall–Kier alpha value is -3.87. The molecule has 0 aliphatic carbocycles. The largest absolute Gasteiger partial charge is 0.493 e. The summed E-state index contributed by atoms with van der Waals surface area (Å²) < 4.78 is 40.9. The number of halogens is 1. The molecule has 10 nitrogen and oxygen atoms in total. The van der Waals surface area contributed by atoms with Gasteiger partial charge < -0.3 is 38.1 Å². The third-order valence-corrected chi connectivity index (χ3v) is 8.18. The van der Waals surface area contributed by atoms with Crippen LogP contribution in [0.15, 0.2) is 47.5 Å². The number of carbonyl (C=O) groups excluding carboxylic acids is 1. The highest BCUT2D eigenvalue weighted by molar-refractivity contribution is 14.1. The van der Waals surface area contributed by atoms with Gasteiger partial charge in [0.15, 0.2) is 23.0 Å². The van der Waals surface area contributed by atoms with Crippen molar-refractivity contribution in [2.45, 2.75) is 31.7 Å². The van der Waals surface area contributed by atoms with E-state index in [4.69, 9.17) is 33.2 Å². The number of nitrogens with zero attached hydrogens (tertiary/aromatic N) is 2. The van der Waals surface area contributed by atoms with Gasteiger partial charge in [-0.3, -0.25) is 9.79 Å². The van der Waals surface area contributed by atoms with Gasteiger partial charge in [-0.15, -0.1) is 0 Å². The first-order valence-corrected chi connectivity index (χ1v) is 15.1. The number of hydrogen-bond donors (Lipinski definition) is 0. The normalized spacial score (nSPS) is 15.3. The van der Waals surface area contributed by atoms with E-state index < -0.39 is 0 Å². The van der Waals surface area contributed by atoms with E-state index in [2.05, 4.69) is 27.6 Å². The lowest BCUT2D eigenvalue weighted by molar-refractivity contribution is 0.0774. The van der Waals surface area contributed by atoms with Crippen molar-refractivity contribution in [1.82, 2.24) is 4.90 Å². The Kier molecular flexibility index (Phi) is 10.0. The zero-order valence-electron chi connectivity index (χ0n) is 24.7. The first kappa shape index (κ1) is 30.6. The van der Waals surface area contributed by atoms with Crippen LogP contribution in [0.5, 0.6) is 46.0 Å². The van der Waals surface area contributed by atoms with Gasteiger partial charge in [-0.2, -0.15) is 0 Å². The minimum absolute atomic E-state index is 0.00962. The first-order chi connectivity index (χ1) is 20.9. The molecule has 2 heterocycles. The number of rotatable bonds is 13. The van der Waals surface area contributed by atoms with Crippen molar-refractivity contribution in [2.24, 2.45) is 4.99 Å². The van der Waals surface area contributed by atoms with Gasteiger partial charge in [0, 0.05) is 37.0 Å². The van der Waals surface area contributed by atoms with Crippen LogP contribution in [0.4, 0.5) is 5.69 Å². The molecule has 0 saturated carbocycles. The van der Waals surface area contributed by atoms with Crippen LogP contribution in [0.25, 0.3) is 0 Å². The number of aliphatic imine (C=N–C) groups is 1. The van der Waals surface area contributed by atoms with Crippen LogP contribution in [0.1, 0.15) is 36.0 Å². The fraction of sp³-hybridized carbons (Fsp3) is 0.375. The molecule has 1 atom stereocenters. The maximum Gasteiger partial charge on any atom is 0.256 e. The second-order valence-corrected chi connectivity index (χ2v) is 11.1. The third-order valence-electron chi connectivity index (χ3n) is 7.29. The number of amides is 1. The summed E-state index contributed by atoms with van der Waals surface area (Å²) in [4.78, 5) is 19.5. The SMILES string of the molecule is COc1cc2c(cc1OCCCCOc1ccc(I)c(Oc3cc(OC)c(OC)c(OC)c3)c1)N=C[C@@H]1CCCN1C2=O. The lowest BCUT2D eigenvalue weighted by Gasteiger charge is -2.20. The Labute approximate surface area is 265 Å². The second kappa shape index (κ2) is 14.1. The first-order valence-electron chi connectivity index (χ1n) is 14.1. The van der Waals surface area contributed by atoms with E-state index in [1.54, 1.807) is 52.7 Å². The number of unbranched alkanes of at least 4 members (excludes halogenated alkanes) is 1. The van der Waals surface area contributed by atoms with Crippen molar-refractivity contribution < 1.29 is 38.0 Å². The van der Waals surface area contributed by atoms with Gasteiger partial charge in [-0.1, -0.05) is 0 Å². The van der Waals surface area contributed by atoms with Gasteiger partial charge in [-0.25, -0.2) is 0 Å². The lowest BCUT2D eigenvalue weighted by Crippen LogP contribution is -2.35. The van der Waals surface area contributed by atoms with Crippen LogP contribution in [-0.4, -0.2) is 71.3 Å². The molecule has 1 amide bonds. The number of methoxy groups -OCH3 is 4. The van der Waals surface area contributed by atoms with Crippen LogP contribution in [0, 0.1) is 3.57 Å². The molecule has 11 heteroatoms. The Morgan fingerprint density at radius 2 is 1.51 bits per heavy atom. The Morgan fingerprint density at radius 1 is 0.814 bits per heavy atom. The van der Waals surface area contributed by atoms with Crippen LogP contribution in [0.2, 0.25) is 0 Å². The highest BCUT2D eigenvalue weighted by Crippen LogP contribution is 2.43. The average molecular weight is 703 g/mol. The maximum atomic E-state index is 13.1. The van der Waals surface area contributed by atoms with Crippen LogP contribution in [-0.2, 0) is 0 Å². The number of fused-ring (bicyclic) bond motifs is 2. The second-order valence-electron chi connectivity index (χ2n) is 9.97. The summed E-state index contributed by atoms with van der Waals surface area (Å²) in [5.41, 5.74) is 1.16. The molecule has 3 aromatic rings. The zero-order chi connectivity index (χ0) is 30.3. The number of benzene rings is 3. The summed E-state index contributed by atoms with van der Waals surface area (Å²) in [6, 6.07) is 12.8. The molecule has 2 aliphatic heterocycles. The van der Waals surface area contributed by atoms with Crippen molar-refractivity contribution >= 4 is 40.4 Å². The Bertz CT molecular complexity index is 1470. The van der Waals surface area contributed by atoms with E-state index in [1.807, 2.05) is 29.3 Å². The van der Waals surface area contributed by atoms with Crippen LogP contribution in [0.3, 0.4) is 0 Å². The Balaban J connectivity index is 1.15. The number of ether oxygens (including phenoxy) is 7. The zero-order valence-corrected chi connectivity index (χ0v) is 26.8. The molecule has 0 unspecified atom stereocenters. The van der Waals surface area contributed by atoms with Crippen molar-refractivity contribution in [3.63, 3.8) is 0 Å². The maximum absolute atomic E-state index is 13.1. The molecule has 3 aromatic carbocycles. The molecular weight excluding hydrogens is 667 g/mol. The summed E-state index contributed by atoms with van der Waals surface area (Å²) >= 11 is 2.22. The van der Waals surface area contributed by atoms with Gasteiger partial charge in [0.25, 0.3) is 5.91 Å².